The lowest BCUT2D eigenvalue weighted by atomic mass is 10.2. The molecule has 3 N–H and O–H groups in total. The first-order valence-electron chi connectivity index (χ1n) is 9.98. The average molecular weight is 503 g/mol. The molecule has 0 heterocycles. The first-order valence-corrected chi connectivity index (χ1v) is 9.98. The number of nitrogens with one attached hydrogen (secondary N) is 3. The van der Waals surface area contributed by atoms with Crippen LogP contribution in [0.3, 0.4) is 0 Å². The Labute approximate surface area is 188 Å². The van der Waals surface area contributed by atoms with Crippen LogP contribution in [0.2, 0.25) is 0 Å². The van der Waals surface area contributed by atoms with Crippen LogP contribution < -0.4 is 16.0 Å². The second kappa shape index (κ2) is 14.6. The predicted molar refractivity (Wildman–Crippen MR) is 131 cm³/mol. The highest BCUT2D eigenvalue weighted by molar-refractivity contribution is 14.0. The van der Waals surface area contributed by atoms with E-state index in [1.807, 2.05) is 24.3 Å². The van der Waals surface area contributed by atoms with Gasteiger partial charge in [-0.05, 0) is 58.7 Å². The van der Waals surface area contributed by atoms with Gasteiger partial charge in [-0.15, -0.1) is 24.0 Å². The number of guanidine groups is 1. The summed E-state index contributed by atoms with van der Waals surface area (Å²) >= 11 is 0. The molecule has 1 aromatic rings. The molecule has 0 aliphatic heterocycles. The topological polar surface area (TPSA) is 68.8 Å². The number of carbonyl (C=O) groups is 1. The van der Waals surface area contributed by atoms with Gasteiger partial charge < -0.3 is 16.0 Å². The van der Waals surface area contributed by atoms with E-state index in [1.54, 1.807) is 0 Å². The maximum absolute atomic E-state index is 11.2. The van der Waals surface area contributed by atoms with Crippen molar-refractivity contribution >= 4 is 41.5 Å². The smallest absolute Gasteiger partial charge is 0.221 e. The second-order valence-electron chi connectivity index (χ2n) is 7.28. The fourth-order valence-corrected chi connectivity index (χ4v) is 3.04. The minimum Gasteiger partial charge on any atom is -0.357 e. The molecule has 0 unspecified atom stereocenters. The van der Waals surface area contributed by atoms with E-state index in [0.29, 0.717) is 18.6 Å². The van der Waals surface area contributed by atoms with Crippen molar-refractivity contribution in [3.63, 3.8) is 0 Å². The highest BCUT2D eigenvalue weighted by atomic mass is 127. The van der Waals surface area contributed by atoms with Crippen LogP contribution in [-0.4, -0.2) is 48.5 Å². The molecule has 0 aliphatic carbocycles. The van der Waals surface area contributed by atoms with Crippen molar-refractivity contribution in [1.82, 2.24) is 15.5 Å². The summed E-state index contributed by atoms with van der Waals surface area (Å²) < 4.78 is 0. The Hall–Kier alpha value is -1.35. The minimum absolute atomic E-state index is 0. The van der Waals surface area contributed by atoms with Gasteiger partial charge in [-0.2, -0.15) is 0 Å². The minimum atomic E-state index is -0.0671. The van der Waals surface area contributed by atoms with Gasteiger partial charge in [0.05, 0.1) is 6.54 Å². The van der Waals surface area contributed by atoms with Crippen molar-refractivity contribution in [2.75, 3.05) is 25.0 Å². The average Bonchev–Trinajstić information content (AvgIpc) is 2.58. The summed E-state index contributed by atoms with van der Waals surface area (Å²) in [6.07, 6.45) is 1.07. The number of halogens is 1. The quantitative estimate of drug-likeness (QED) is 0.197. The molecule has 1 rings (SSSR count). The number of amides is 1. The number of carbonyl (C=O) groups excluding carboxylic acids is 1. The van der Waals surface area contributed by atoms with Gasteiger partial charge in [-0.1, -0.05) is 12.1 Å². The van der Waals surface area contributed by atoms with Crippen molar-refractivity contribution in [2.24, 2.45) is 4.99 Å². The van der Waals surface area contributed by atoms with Crippen LogP contribution in [0.25, 0.3) is 0 Å². The zero-order valence-electron chi connectivity index (χ0n) is 18.2. The molecular formula is C21H38IN5O. The van der Waals surface area contributed by atoms with Gasteiger partial charge in [0, 0.05) is 44.3 Å². The van der Waals surface area contributed by atoms with Gasteiger partial charge in [0.25, 0.3) is 0 Å². The van der Waals surface area contributed by atoms with Crippen molar-refractivity contribution in [1.29, 1.82) is 0 Å². The SMILES string of the molecule is CCNC(=NCc1cccc(NC(C)=O)c1)NCCCN(C(C)C)C(C)C.I. The van der Waals surface area contributed by atoms with Crippen molar-refractivity contribution < 1.29 is 4.79 Å². The zero-order chi connectivity index (χ0) is 20.2. The van der Waals surface area contributed by atoms with Crippen molar-refractivity contribution in [3.05, 3.63) is 29.8 Å². The molecule has 0 radical (unpaired) electrons. The molecule has 0 atom stereocenters. The molecule has 0 aromatic heterocycles. The van der Waals surface area contributed by atoms with Gasteiger partial charge in [-0.25, -0.2) is 4.99 Å². The van der Waals surface area contributed by atoms with E-state index in [9.17, 15) is 4.79 Å². The van der Waals surface area contributed by atoms with Crippen LogP contribution in [-0.2, 0) is 11.3 Å². The number of hydrogen-bond acceptors (Lipinski definition) is 3. The maximum Gasteiger partial charge on any atom is 0.221 e. The first kappa shape index (κ1) is 26.6. The second-order valence-corrected chi connectivity index (χ2v) is 7.28. The normalized spacial score (nSPS) is 11.5. The fraction of sp³-hybridized carbons (Fsp3) is 0.619. The van der Waals surface area contributed by atoms with Crippen molar-refractivity contribution in [2.45, 2.75) is 66.6 Å². The van der Waals surface area contributed by atoms with E-state index < -0.39 is 0 Å². The van der Waals surface area contributed by atoms with Crippen LogP contribution >= 0.6 is 24.0 Å². The van der Waals surface area contributed by atoms with Crippen molar-refractivity contribution in [3.8, 4) is 0 Å². The Morgan fingerprint density at radius 1 is 1.14 bits per heavy atom. The third kappa shape index (κ3) is 10.8. The molecule has 0 bridgehead atoms. The van der Waals surface area contributed by atoms with Gasteiger partial charge in [-0.3, -0.25) is 9.69 Å². The summed E-state index contributed by atoms with van der Waals surface area (Å²) in [4.78, 5) is 18.4. The first-order chi connectivity index (χ1) is 12.8. The van der Waals surface area contributed by atoms with E-state index in [2.05, 4.69) is 60.5 Å². The Morgan fingerprint density at radius 2 is 1.82 bits per heavy atom. The summed E-state index contributed by atoms with van der Waals surface area (Å²) in [7, 11) is 0. The summed E-state index contributed by atoms with van der Waals surface area (Å²) in [6.45, 7) is 15.9. The maximum atomic E-state index is 11.2. The molecule has 1 aromatic carbocycles. The standard InChI is InChI=1S/C21H37N5O.HI/c1-7-22-21(23-12-9-13-26(16(2)3)17(4)5)24-15-19-10-8-11-20(14-19)25-18(6)27;/h8,10-11,14,16-17H,7,9,12-13,15H2,1-6H3,(H,25,27)(H2,22,23,24);1H. The molecule has 0 fully saturated rings. The van der Waals surface area contributed by atoms with Gasteiger partial charge in [0.1, 0.15) is 0 Å². The molecule has 1 amide bonds. The fourth-order valence-electron chi connectivity index (χ4n) is 3.04. The van der Waals surface area contributed by atoms with Crippen LogP contribution in [0.1, 0.15) is 53.5 Å². The third-order valence-electron chi connectivity index (χ3n) is 4.22. The Balaban J connectivity index is 0.00000729. The molecule has 0 aliphatic rings. The summed E-state index contributed by atoms with van der Waals surface area (Å²) in [5.41, 5.74) is 1.86. The van der Waals surface area contributed by atoms with E-state index in [4.69, 9.17) is 0 Å². The van der Waals surface area contributed by atoms with Gasteiger partial charge in [0.2, 0.25) is 5.91 Å². The predicted octanol–water partition coefficient (Wildman–Crippen LogP) is 3.83. The lowest BCUT2D eigenvalue weighted by molar-refractivity contribution is -0.114. The number of nitrogens with zero attached hydrogens (tertiary/aromatic N) is 2. The summed E-state index contributed by atoms with van der Waals surface area (Å²) in [6, 6.07) is 8.90. The molecule has 6 nitrogen and oxygen atoms in total. The molecule has 160 valence electrons. The highest BCUT2D eigenvalue weighted by Crippen LogP contribution is 2.11. The third-order valence-corrected chi connectivity index (χ3v) is 4.22. The van der Waals surface area contributed by atoms with E-state index >= 15 is 0 Å². The molecular weight excluding hydrogens is 465 g/mol. The lowest BCUT2D eigenvalue weighted by Gasteiger charge is -2.30. The van der Waals surface area contributed by atoms with Crippen LogP contribution in [0.15, 0.2) is 29.3 Å². The number of hydrogen-bond donors (Lipinski definition) is 3. The number of aliphatic imine (C=N–C) groups is 1. The molecule has 7 heteroatoms. The Kier molecular flexibility index (Phi) is 13.9. The molecule has 28 heavy (non-hydrogen) atoms. The van der Waals surface area contributed by atoms with Crippen LogP contribution in [0, 0.1) is 0 Å². The largest absolute Gasteiger partial charge is 0.357 e. The van der Waals surface area contributed by atoms with Gasteiger partial charge >= 0.3 is 0 Å². The molecule has 0 saturated heterocycles. The Bertz CT molecular complexity index is 596. The van der Waals surface area contributed by atoms with Gasteiger partial charge in [0.15, 0.2) is 5.96 Å². The highest BCUT2D eigenvalue weighted by Gasteiger charge is 2.12. The number of benzene rings is 1. The number of rotatable bonds is 10. The van der Waals surface area contributed by atoms with E-state index in [1.165, 1.54) is 6.92 Å². The number of anilines is 1. The Morgan fingerprint density at radius 3 is 2.39 bits per heavy atom. The van der Waals surface area contributed by atoms with Crippen LogP contribution in [0.4, 0.5) is 5.69 Å². The summed E-state index contributed by atoms with van der Waals surface area (Å²) in [5.74, 6) is 0.755. The van der Waals surface area contributed by atoms with Crippen LogP contribution in [0.5, 0.6) is 0 Å². The monoisotopic (exact) mass is 503 g/mol. The van der Waals surface area contributed by atoms with E-state index in [0.717, 1.165) is 43.3 Å². The lowest BCUT2D eigenvalue weighted by Crippen LogP contribution is -2.41. The molecule has 0 spiro atoms. The van der Waals surface area contributed by atoms with E-state index in [-0.39, 0.29) is 29.9 Å². The molecule has 0 saturated carbocycles. The summed E-state index contributed by atoms with van der Waals surface area (Å²) in [5, 5.41) is 9.51. The zero-order valence-corrected chi connectivity index (χ0v) is 20.5.